The number of carbonyl (C=O) groups is 1. The molecule has 5 nitrogen and oxygen atoms in total. The Labute approximate surface area is 435 Å². The van der Waals surface area contributed by atoms with E-state index in [2.05, 4.69) is 166 Å². The molecule has 348 valence electrons. The van der Waals surface area contributed by atoms with Crippen molar-refractivity contribution in [1.29, 1.82) is 0 Å². The minimum absolute atomic E-state index is 0.130. The van der Waals surface area contributed by atoms with Gasteiger partial charge >= 0.3 is 0 Å². The van der Waals surface area contributed by atoms with Crippen LogP contribution >= 0.6 is 68.0 Å². The van der Waals surface area contributed by atoms with Crippen molar-refractivity contribution in [3.63, 3.8) is 0 Å². The van der Waals surface area contributed by atoms with E-state index in [1.54, 1.807) is 29.6 Å². The molecule has 0 amide bonds. The molecule has 6 aromatic heterocycles. The average molecular weight is 1030 g/mol. The summed E-state index contributed by atoms with van der Waals surface area (Å²) in [5.74, 6) is 2.28. The van der Waals surface area contributed by atoms with Gasteiger partial charge in [-0.05, 0) is 124 Å². The normalized spacial score (nSPS) is 15.0. The Morgan fingerprint density at radius 1 is 0.521 bits per heavy atom. The molecule has 0 N–H and O–H groups in total. The van der Waals surface area contributed by atoms with E-state index in [9.17, 15) is 4.79 Å². The topological polar surface area (TPSA) is 48.0 Å². The van der Waals surface area contributed by atoms with Crippen molar-refractivity contribution < 1.29 is 19.0 Å². The van der Waals surface area contributed by atoms with Crippen molar-refractivity contribution in [3.05, 3.63) is 166 Å². The van der Waals surface area contributed by atoms with E-state index in [1.165, 1.54) is 87.3 Å². The standard InChI is InChI=1S/C60H43NO4S6/c1-32(65-31-62)24-37-27-50-57(66-37)58-52(69-50)30-49(70-58)47-28-46-48(67-47)29-51(68-46)56-54-53(63-22-23-64-54)55(71-56)33-14-16-34(17-15-33)61(35-18-20-40-38-10-6-8-12-42(38)59(2,3)44(40)25-35)36-19-21-41-39-11-7-9-13-43(39)60(4,5)45(41)26-36/h6-21,24-31H,22-23H2,1-5H3/b32-24-. The number of carbonyl (C=O) groups excluding carboxylic acids is 1. The highest BCUT2D eigenvalue weighted by molar-refractivity contribution is 7.40. The van der Waals surface area contributed by atoms with Crippen LogP contribution in [0.15, 0.2) is 139 Å². The number of fused-ring (bicyclic) bond motifs is 11. The van der Waals surface area contributed by atoms with Gasteiger partial charge in [-0.3, -0.25) is 4.79 Å². The summed E-state index contributed by atoms with van der Waals surface area (Å²) in [5, 5.41) is 0. The summed E-state index contributed by atoms with van der Waals surface area (Å²) in [7, 11) is 0. The second-order valence-electron chi connectivity index (χ2n) is 19.5. The van der Waals surface area contributed by atoms with Gasteiger partial charge < -0.3 is 19.1 Å². The number of allylic oxidation sites excluding steroid dienone is 1. The van der Waals surface area contributed by atoms with Crippen molar-refractivity contribution in [3.8, 4) is 63.7 Å². The van der Waals surface area contributed by atoms with Crippen LogP contribution in [0.1, 0.15) is 61.7 Å². The molecule has 14 rings (SSSR count). The molecule has 3 aliphatic rings. The summed E-state index contributed by atoms with van der Waals surface area (Å²) in [6.07, 6.45) is 1.93. The third kappa shape index (κ3) is 6.74. The lowest BCUT2D eigenvalue weighted by molar-refractivity contribution is -0.124. The van der Waals surface area contributed by atoms with Crippen LogP contribution < -0.4 is 14.4 Å². The van der Waals surface area contributed by atoms with Gasteiger partial charge in [-0.1, -0.05) is 100 Å². The number of benzene rings is 5. The van der Waals surface area contributed by atoms with Crippen LogP contribution in [-0.4, -0.2) is 19.7 Å². The first-order valence-electron chi connectivity index (χ1n) is 23.6. The maximum Gasteiger partial charge on any atom is 0.298 e. The van der Waals surface area contributed by atoms with Gasteiger partial charge in [-0.25, -0.2) is 0 Å². The molecule has 71 heavy (non-hydrogen) atoms. The van der Waals surface area contributed by atoms with Gasteiger partial charge in [-0.2, -0.15) is 0 Å². The first kappa shape index (κ1) is 43.5. The molecule has 5 aromatic carbocycles. The highest BCUT2D eigenvalue weighted by Gasteiger charge is 2.38. The third-order valence-corrected chi connectivity index (χ3v) is 22.1. The minimum Gasteiger partial charge on any atom is -0.485 e. The average Bonchev–Trinajstić information content (AvgIpc) is 4.26. The Morgan fingerprint density at radius 3 is 1.69 bits per heavy atom. The summed E-state index contributed by atoms with van der Waals surface area (Å²) in [4.78, 5) is 20.3. The van der Waals surface area contributed by atoms with Gasteiger partial charge in [-0.15, -0.1) is 68.0 Å². The van der Waals surface area contributed by atoms with Crippen molar-refractivity contribution >= 4 is 126 Å². The Hall–Kier alpha value is -6.31. The number of rotatable bonds is 9. The minimum atomic E-state index is -0.130. The van der Waals surface area contributed by atoms with Crippen LogP contribution in [-0.2, 0) is 20.4 Å². The fraction of sp³-hybridized carbons (Fsp3) is 0.150. The Balaban J connectivity index is 0.812. The van der Waals surface area contributed by atoms with Gasteiger partial charge in [0, 0.05) is 61.3 Å². The first-order valence-corrected chi connectivity index (χ1v) is 28.5. The molecular formula is C60H43NO4S6. The van der Waals surface area contributed by atoms with E-state index in [0.717, 1.165) is 48.8 Å². The molecule has 7 heterocycles. The maximum atomic E-state index is 10.8. The van der Waals surface area contributed by atoms with E-state index in [4.69, 9.17) is 14.2 Å². The zero-order valence-electron chi connectivity index (χ0n) is 39.3. The summed E-state index contributed by atoms with van der Waals surface area (Å²) in [5.41, 5.74) is 14.9. The summed E-state index contributed by atoms with van der Waals surface area (Å²) in [6.45, 7) is 12.8. The molecule has 0 spiro atoms. The van der Waals surface area contributed by atoms with Gasteiger partial charge in [0.05, 0.1) is 24.0 Å². The highest BCUT2D eigenvalue weighted by atomic mass is 32.1. The lowest BCUT2D eigenvalue weighted by Gasteiger charge is -2.30. The number of hydrogen-bond acceptors (Lipinski definition) is 11. The van der Waals surface area contributed by atoms with Crippen LogP contribution in [0, 0.1) is 0 Å². The Morgan fingerprint density at radius 2 is 1.04 bits per heavy atom. The fourth-order valence-corrected chi connectivity index (χ4v) is 18.9. The summed E-state index contributed by atoms with van der Waals surface area (Å²) >= 11 is 10.9. The van der Waals surface area contributed by atoms with E-state index < -0.39 is 0 Å². The summed E-state index contributed by atoms with van der Waals surface area (Å²) in [6, 6.07) is 50.2. The molecule has 0 saturated carbocycles. The number of thiophene rings is 6. The smallest absolute Gasteiger partial charge is 0.298 e. The molecule has 0 fully saturated rings. The van der Waals surface area contributed by atoms with E-state index in [1.807, 2.05) is 51.4 Å². The molecular weight excluding hydrogens is 991 g/mol. The van der Waals surface area contributed by atoms with Crippen LogP contribution in [0.3, 0.4) is 0 Å². The fourth-order valence-electron chi connectivity index (χ4n) is 11.1. The lowest BCUT2D eigenvalue weighted by atomic mass is 9.82. The second-order valence-corrected chi connectivity index (χ2v) is 25.9. The van der Waals surface area contributed by atoms with Gasteiger partial charge in [0.2, 0.25) is 0 Å². The van der Waals surface area contributed by atoms with Crippen LogP contribution in [0.5, 0.6) is 11.5 Å². The highest BCUT2D eigenvalue weighted by Crippen LogP contribution is 2.58. The largest absolute Gasteiger partial charge is 0.485 e. The SMILES string of the molecule is C/C(=C/c1cc2sc3cc(-c4cc5sc(-c6sc(-c7ccc(N(c8ccc9c(c8)C(C)(C)c8ccccc8-9)c8ccc9c(c8)C(C)(C)c8ccccc8-9)cc7)c7c6OCCO7)cc5s4)sc3c2s1)OC=O. The zero-order valence-corrected chi connectivity index (χ0v) is 44.2. The second kappa shape index (κ2) is 16.1. The monoisotopic (exact) mass is 1030 g/mol. The Bertz CT molecular complexity index is 3900. The third-order valence-electron chi connectivity index (χ3n) is 14.5. The molecule has 11 heteroatoms. The Kier molecular flexibility index (Phi) is 9.86. The van der Waals surface area contributed by atoms with Gasteiger partial charge in [0.15, 0.2) is 11.5 Å². The molecule has 0 bridgehead atoms. The van der Waals surface area contributed by atoms with E-state index >= 15 is 0 Å². The van der Waals surface area contributed by atoms with E-state index in [-0.39, 0.29) is 10.8 Å². The van der Waals surface area contributed by atoms with Crippen LogP contribution in [0.4, 0.5) is 17.1 Å². The quantitative estimate of drug-likeness (QED) is 0.106. The van der Waals surface area contributed by atoms with Gasteiger partial charge in [0.25, 0.3) is 6.47 Å². The van der Waals surface area contributed by atoms with E-state index in [0.29, 0.717) is 25.4 Å². The van der Waals surface area contributed by atoms with Crippen LogP contribution in [0.25, 0.3) is 86.5 Å². The molecule has 1 aliphatic heterocycles. The van der Waals surface area contributed by atoms with Crippen LogP contribution in [0.2, 0.25) is 0 Å². The number of nitrogens with zero attached hydrogens (tertiary/aromatic N) is 1. The molecule has 11 aromatic rings. The molecule has 0 unspecified atom stereocenters. The number of hydrogen-bond donors (Lipinski definition) is 0. The molecule has 0 atom stereocenters. The zero-order chi connectivity index (χ0) is 47.9. The number of ether oxygens (including phenoxy) is 3. The van der Waals surface area contributed by atoms with Crippen molar-refractivity contribution in [2.45, 2.75) is 45.4 Å². The van der Waals surface area contributed by atoms with Crippen molar-refractivity contribution in [2.75, 3.05) is 18.1 Å². The molecule has 0 radical (unpaired) electrons. The maximum absolute atomic E-state index is 10.8. The summed E-state index contributed by atoms with van der Waals surface area (Å²) < 4.78 is 25.7. The predicted octanol–water partition coefficient (Wildman–Crippen LogP) is 18.9. The molecule has 2 aliphatic carbocycles. The lowest BCUT2D eigenvalue weighted by Crippen LogP contribution is -2.18. The number of anilines is 3. The van der Waals surface area contributed by atoms with Crippen molar-refractivity contribution in [1.82, 2.24) is 0 Å². The van der Waals surface area contributed by atoms with Gasteiger partial charge in [0.1, 0.15) is 19.0 Å². The first-order chi connectivity index (χ1) is 34.5. The van der Waals surface area contributed by atoms with Crippen molar-refractivity contribution in [2.24, 2.45) is 0 Å². The predicted molar refractivity (Wildman–Crippen MR) is 304 cm³/mol. The molecule has 0 saturated heterocycles.